The van der Waals surface area contributed by atoms with Crippen LogP contribution >= 0.6 is 113 Å². The molecular formula is C106H106Br4N14O7S4. The van der Waals surface area contributed by atoms with Gasteiger partial charge < -0.3 is 53.7 Å². The van der Waals surface area contributed by atoms with Crippen LogP contribution < -0.4 is 14.4 Å². The molecule has 29 heteroatoms. The van der Waals surface area contributed by atoms with Gasteiger partial charge in [-0.3, -0.25) is 48.7 Å². The molecule has 1 aliphatic carbocycles. The highest BCUT2D eigenvalue weighted by Gasteiger charge is 2.56. The molecule has 4 N–H and O–H groups in total. The number of halogens is 4. The lowest BCUT2D eigenvalue weighted by Gasteiger charge is -2.38. The van der Waals surface area contributed by atoms with Crippen molar-refractivity contribution in [2.45, 2.75) is 178 Å². The smallest absolute Gasteiger partial charge is 0.256 e. The van der Waals surface area contributed by atoms with Crippen molar-refractivity contribution < 1.29 is 33.4 Å². The first-order valence-corrected chi connectivity index (χ1v) is 51.7. The normalized spacial score (nSPS) is 21.4. The third-order valence-corrected chi connectivity index (χ3v) is 32.5. The fourth-order valence-electron chi connectivity index (χ4n) is 21.9. The van der Waals surface area contributed by atoms with Crippen LogP contribution in [0.5, 0.6) is 11.5 Å². The molecule has 0 spiro atoms. The number of likely N-dealkylation sites (N-methyl/N-ethyl adjacent to an activating group) is 1. The maximum Gasteiger partial charge on any atom is 0.256 e. The molecule has 9 aliphatic heterocycles. The van der Waals surface area contributed by atoms with Crippen molar-refractivity contribution in [3.8, 4) is 11.5 Å². The van der Waals surface area contributed by atoms with Crippen LogP contribution in [0.25, 0.3) is 43.6 Å². The summed E-state index contributed by atoms with van der Waals surface area (Å²) in [6.07, 6.45) is 14.9. The van der Waals surface area contributed by atoms with Gasteiger partial charge in [-0.15, -0.1) is 0 Å². The van der Waals surface area contributed by atoms with Crippen molar-refractivity contribution in [3.05, 3.63) is 291 Å². The third kappa shape index (κ3) is 17.2. The lowest BCUT2D eigenvalue weighted by molar-refractivity contribution is -0.130. The highest BCUT2D eigenvalue weighted by molar-refractivity contribution is 9.11. The number of nitrogens with zero attached hydrogens (tertiary/aromatic N) is 10. The van der Waals surface area contributed by atoms with E-state index < -0.39 is 6.04 Å². The van der Waals surface area contributed by atoms with Crippen molar-refractivity contribution in [1.82, 2.24) is 64.1 Å². The largest absolute Gasteiger partial charge is 0.497 e. The molecule has 14 heterocycles. The molecule has 0 bridgehead atoms. The first kappa shape index (κ1) is 92.6. The van der Waals surface area contributed by atoms with E-state index in [0.717, 1.165) is 161 Å². The van der Waals surface area contributed by atoms with Crippen LogP contribution in [0, 0.1) is 0 Å². The molecule has 21 nitrogen and oxygen atoms in total. The van der Waals surface area contributed by atoms with E-state index in [-0.39, 0.29) is 72.0 Å². The molecule has 1 saturated carbocycles. The summed E-state index contributed by atoms with van der Waals surface area (Å²) < 4.78 is 20.9. The number of fused-ring (bicyclic) bond motifs is 16. The molecule has 8 unspecified atom stereocenters. The zero-order chi connectivity index (χ0) is 93.6. The third-order valence-electron chi connectivity index (χ3n) is 28.8. The highest BCUT2D eigenvalue weighted by Crippen LogP contribution is 2.52. The summed E-state index contributed by atoms with van der Waals surface area (Å²) in [5.41, 5.74) is 21.4. The van der Waals surface area contributed by atoms with Gasteiger partial charge in [0.05, 0.1) is 56.4 Å². The van der Waals surface area contributed by atoms with Crippen molar-refractivity contribution >= 4 is 206 Å². The summed E-state index contributed by atoms with van der Waals surface area (Å²) in [7, 11) is 3.42. The summed E-state index contributed by atoms with van der Waals surface area (Å²) in [5, 5.41) is 7.10. The molecule has 5 saturated heterocycles. The molecule has 135 heavy (non-hydrogen) atoms. The van der Waals surface area contributed by atoms with Gasteiger partial charge in [-0.1, -0.05) is 203 Å². The summed E-state index contributed by atoms with van der Waals surface area (Å²) >= 11 is 38.2. The number of carbonyl (C=O) groups is 4. The van der Waals surface area contributed by atoms with Crippen molar-refractivity contribution in [2.75, 3.05) is 65.1 Å². The number of methoxy groups -OCH3 is 1. The van der Waals surface area contributed by atoms with Crippen LogP contribution in [-0.2, 0) is 49.6 Å². The zero-order valence-electron chi connectivity index (χ0n) is 76.2. The zero-order valence-corrected chi connectivity index (χ0v) is 85.8. The van der Waals surface area contributed by atoms with Gasteiger partial charge in [0.15, 0.2) is 20.4 Å². The summed E-state index contributed by atoms with van der Waals surface area (Å²) in [4.78, 5) is 91.2. The first-order valence-electron chi connectivity index (χ1n) is 46.9. The number of carbonyl (C=O) groups excluding carboxylic acids is 4. The monoisotopic (exact) mass is 2130 g/mol. The van der Waals surface area contributed by atoms with Gasteiger partial charge >= 0.3 is 0 Å². The number of H-pyrrole nitrogens is 4. The second-order valence-corrected chi connectivity index (χ2v) is 42.5. The van der Waals surface area contributed by atoms with E-state index in [1.165, 1.54) is 74.7 Å². The Labute approximate surface area is 841 Å². The fraction of sp³-hybridized carbons (Fsp3) is 0.349. The molecular weight excluding hydrogens is 2030 g/mol. The minimum absolute atomic E-state index is 0.0264. The second-order valence-electron chi connectivity index (χ2n) is 37.3. The van der Waals surface area contributed by atoms with E-state index in [0.29, 0.717) is 76.8 Å². The molecule has 8 atom stereocenters. The van der Waals surface area contributed by atoms with Crippen molar-refractivity contribution in [2.24, 2.45) is 0 Å². The Kier molecular flexibility index (Phi) is 26.6. The maximum atomic E-state index is 13.9. The van der Waals surface area contributed by atoms with Gasteiger partial charge in [0.25, 0.3) is 23.6 Å². The van der Waals surface area contributed by atoms with Crippen LogP contribution in [0.2, 0.25) is 0 Å². The number of pyridine rings is 1. The van der Waals surface area contributed by atoms with Crippen molar-refractivity contribution in [3.63, 3.8) is 0 Å². The molecule has 10 aliphatic rings. The van der Waals surface area contributed by atoms with Gasteiger partial charge in [0, 0.05) is 155 Å². The Morgan fingerprint density at radius 2 is 0.867 bits per heavy atom. The number of unbranched alkanes of at least 4 members (excludes halogenated alkanes) is 2. The van der Waals surface area contributed by atoms with Crippen LogP contribution in [0.3, 0.4) is 0 Å². The van der Waals surface area contributed by atoms with Crippen molar-refractivity contribution in [1.29, 1.82) is 0 Å². The van der Waals surface area contributed by atoms with Crippen LogP contribution in [0.15, 0.2) is 212 Å². The summed E-state index contributed by atoms with van der Waals surface area (Å²) in [6, 6.07) is 61.2. The van der Waals surface area contributed by atoms with Gasteiger partial charge in [-0.25, -0.2) is 0 Å². The lowest BCUT2D eigenvalue weighted by Crippen LogP contribution is -2.44. The van der Waals surface area contributed by atoms with Gasteiger partial charge in [0.1, 0.15) is 42.3 Å². The summed E-state index contributed by atoms with van der Waals surface area (Å²) in [6.45, 7) is 16.8. The SMILES string of the molecule is CC(C)c1ccc(C2c3[nH]c4ccc(Br)cc4c3CC3C(=O)N(C4CCCCC4)C(=S)N32)cc1.CCCCCN1C(=O)C2Cc3c([nH]c4ccc(Br)cc34)C(c3ccc(C(C)C)cc3)N2C1=S.CN1C(=O)C2Cc3c([nH]c4ccc(Br)cc34)C(c3ccc(OCCN4CCOCC4)cc3)N2C1=S.COc1ccc(C2c3[nH]c4ccc(Br)cc4c3CC3C(=O)N(c4cccnc4)C(=S)N32)cc1. The van der Waals surface area contributed by atoms with E-state index in [1.807, 2.05) is 70.5 Å². The Morgan fingerprint density at radius 3 is 1.30 bits per heavy atom. The molecule has 8 aromatic carbocycles. The number of nitrogens with one attached hydrogen (secondary N) is 4. The average Bonchev–Trinajstić information content (AvgIpc) is 1.57. The minimum atomic E-state index is -0.393. The molecule has 0 radical (unpaired) electrons. The number of benzene rings is 8. The predicted octanol–water partition coefficient (Wildman–Crippen LogP) is 22.2. The number of ether oxygens (including phenoxy) is 3. The lowest BCUT2D eigenvalue weighted by atomic mass is 9.88. The number of thiocarbonyl (C=S) groups is 4. The maximum absolute atomic E-state index is 13.9. The number of hydrogen-bond donors (Lipinski definition) is 4. The number of anilines is 1. The summed E-state index contributed by atoms with van der Waals surface area (Å²) in [5.74, 6) is 2.94. The molecule has 4 amide bonds. The molecule has 13 aromatic rings. The van der Waals surface area contributed by atoms with Crippen LogP contribution in [0.4, 0.5) is 5.69 Å². The number of aromatic amines is 4. The topological polar surface area (TPSA) is 201 Å². The first-order chi connectivity index (χ1) is 65.4. The number of hydrogen-bond acceptors (Lipinski definition) is 13. The minimum Gasteiger partial charge on any atom is -0.497 e. The Morgan fingerprint density at radius 1 is 0.459 bits per heavy atom. The van der Waals surface area contributed by atoms with E-state index in [2.05, 4.69) is 269 Å². The van der Waals surface area contributed by atoms with E-state index in [1.54, 1.807) is 36.4 Å². The fourth-order valence-corrected chi connectivity index (χ4v) is 25.0. The Bertz CT molecular complexity index is 6800. The molecule has 6 fully saturated rings. The van der Waals surface area contributed by atoms with Gasteiger partial charge in [-0.05, 0) is 245 Å². The number of morpholine rings is 1. The predicted molar refractivity (Wildman–Crippen MR) is 562 cm³/mol. The van der Waals surface area contributed by atoms with Crippen LogP contribution in [0.1, 0.15) is 200 Å². The molecule has 694 valence electrons. The van der Waals surface area contributed by atoms with Gasteiger partial charge in [0.2, 0.25) is 0 Å². The second kappa shape index (κ2) is 38.7. The highest BCUT2D eigenvalue weighted by atomic mass is 79.9. The van der Waals surface area contributed by atoms with Crippen LogP contribution in [-0.4, -0.2) is 199 Å². The number of amides is 4. The van der Waals surface area contributed by atoms with E-state index >= 15 is 0 Å². The standard InChI is InChI=1S/C28H30BrN3OS.C27H30BrN3OS.C26H27BrN4O3S.C25H19BrN4O2S/c1-16(2)17-8-10-18(11-9-17)26-25-22(21-14-19(29)12-13-23(21)30-25)15-24-27(33)31(28(34)32(24)26)20-6-4-3-5-7-20;1-4-5-6-13-30-26(32)23-15-21-20-14-19(28)11-12-22(20)29-24(21)25(31(23)27(30)33)18-9-7-17(8-10-18)16(2)3;1-29-25(32)22-15-20-19-14-17(27)4-7-21(19)28-23(20)24(31(22)26(29)35)16-2-5-18(6-3-16)34-13-10-30-8-11-33-12-9-30;1-32-17-7-4-14(5-8-17)23-22-19(18-11-15(26)6-9-20(18)28-22)12-21-24(31)29(25(33)30(21)23)16-3-2-10-27-13-16/h8-14,16,20,24,26,30H,3-7,15H2,1-2H3;7-12,14,16,23,25,29H,4-6,13,15H2,1-3H3;2-7,14,22,24,28H,8-13,15H2,1H3;2-11,13,21,23,28H,12H2,1H3. The average molecular weight is 2140 g/mol. The van der Waals surface area contributed by atoms with E-state index in [9.17, 15) is 19.2 Å². The number of rotatable bonds is 17. The Balaban J connectivity index is 0.000000112. The molecule has 23 rings (SSSR count). The molecule has 5 aromatic heterocycles. The van der Waals surface area contributed by atoms with E-state index in [4.69, 9.17) is 63.1 Å². The Hall–Kier alpha value is -10.1. The van der Waals surface area contributed by atoms with Gasteiger partial charge in [-0.2, -0.15) is 0 Å². The number of aromatic nitrogens is 5. The quantitative estimate of drug-likeness (QED) is 0.0495.